The molecule has 3 N–H and O–H groups in total. The Bertz CT molecular complexity index is 985. The van der Waals surface area contributed by atoms with Crippen molar-refractivity contribution in [3.8, 4) is 0 Å². The number of aromatic nitrogens is 2. The highest BCUT2D eigenvalue weighted by Crippen LogP contribution is 2.26. The van der Waals surface area contributed by atoms with Crippen LogP contribution in [0, 0.1) is 11.6 Å². The van der Waals surface area contributed by atoms with Crippen LogP contribution in [0.3, 0.4) is 0 Å². The third kappa shape index (κ3) is 5.72. The molecule has 144 valence electrons. The van der Waals surface area contributed by atoms with Crippen molar-refractivity contribution < 1.29 is 18.4 Å². The van der Waals surface area contributed by atoms with Crippen molar-refractivity contribution in [2.75, 3.05) is 21.7 Å². The lowest BCUT2D eigenvalue weighted by Crippen LogP contribution is -2.19. The molecule has 0 aliphatic carbocycles. The summed E-state index contributed by atoms with van der Waals surface area (Å²) in [4.78, 5) is 23.8. The Labute approximate surface area is 166 Å². The van der Waals surface area contributed by atoms with Gasteiger partial charge in [-0.1, -0.05) is 41.3 Å². The molecule has 2 aromatic carbocycles. The number of rotatable bonds is 6. The van der Waals surface area contributed by atoms with Gasteiger partial charge < -0.3 is 10.6 Å². The molecule has 0 aliphatic heterocycles. The minimum Gasteiger partial charge on any atom is -0.323 e. The Hall–Kier alpha value is -3.05. The van der Waals surface area contributed by atoms with Gasteiger partial charge in [0, 0.05) is 11.8 Å². The van der Waals surface area contributed by atoms with Gasteiger partial charge in [0.2, 0.25) is 11.0 Å². The van der Waals surface area contributed by atoms with Gasteiger partial charge in [-0.15, -0.1) is 10.2 Å². The molecule has 3 rings (SSSR count). The zero-order valence-electron chi connectivity index (χ0n) is 14.1. The summed E-state index contributed by atoms with van der Waals surface area (Å²) in [5, 5.41) is 15.5. The molecule has 0 unspecified atom stereocenters. The fraction of sp³-hybridized carbons (Fsp3) is 0.0588. The predicted molar refractivity (Wildman–Crippen MR) is 105 cm³/mol. The van der Waals surface area contributed by atoms with Crippen LogP contribution in [0.5, 0.6) is 0 Å². The lowest BCUT2D eigenvalue weighted by molar-refractivity contribution is -0.113. The van der Waals surface area contributed by atoms with E-state index in [0.717, 1.165) is 35.2 Å². The zero-order chi connectivity index (χ0) is 19.9. The summed E-state index contributed by atoms with van der Waals surface area (Å²) in [5.74, 6) is -2.12. The van der Waals surface area contributed by atoms with Crippen LogP contribution in [0.4, 0.5) is 30.1 Å². The van der Waals surface area contributed by atoms with E-state index in [1.807, 2.05) is 6.07 Å². The number of benzene rings is 2. The Morgan fingerprint density at radius 1 is 1.00 bits per heavy atom. The van der Waals surface area contributed by atoms with Gasteiger partial charge >= 0.3 is 6.03 Å². The SMILES string of the molecule is O=C(CSc1nnc(NC(=O)Nc2ccccc2)s1)Nc1ccc(F)cc1F. The number of amides is 3. The average molecular weight is 421 g/mol. The van der Waals surface area contributed by atoms with Gasteiger partial charge in [0.25, 0.3) is 0 Å². The molecule has 0 spiro atoms. The molecule has 0 saturated carbocycles. The molecule has 0 atom stereocenters. The van der Waals surface area contributed by atoms with Crippen LogP contribution in [0.1, 0.15) is 0 Å². The molecule has 0 aliphatic rings. The van der Waals surface area contributed by atoms with Crippen LogP contribution in [-0.4, -0.2) is 27.9 Å². The van der Waals surface area contributed by atoms with E-state index in [1.54, 1.807) is 24.3 Å². The van der Waals surface area contributed by atoms with Gasteiger partial charge in [-0.05, 0) is 24.3 Å². The van der Waals surface area contributed by atoms with Crippen molar-refractivity contribution in [1.29, 1.82) is 0 Å². The van der Waals surface area contributed by atoms with Gasteiger partial charge in [-0.3, -0.25) is 10.1 Å². The summed E-state index contributed by atoms with van der Waals surface area (Å²) in [5.41, 5.74) is 0.521. The standard InChI is InChI=1S/C17H13F2N5O2S2/c18-10-6-7-13(12(19)8-10)21-14(25)9-27-17-24-23-16(28-17)22-15(26)20-11-4-2-1-3-5-11/h1-8H,9H2,(H,21,25)(H2,20,22,23,26). The molecule has 0 radical (unpaired) electrons. The van der Waals surface area contributed by atoms with E-state index < -0.39 is 23.6 Å². The lowest BCUT2D eigenvalue weighted by Gasteiger charge is -2.05. The Morgan fingerprint density at radius 3 is 2.54 bits per heavy atom. The van der Waals surface area contributed by atoms with Gasteiger partial charge in [0.1, 0.15) is 11.6 Å². The summed E-state index contributed by atoms with van der Waals surface area (Å²) in [7, 11) is 0. The van der Waals surface area contributed by atoms with Gasteiger partial charge in [0.15, 0.2) is 4.34 Å². The van der Waals surface area contributed by atoms with E-state index >= 15 is 0 Å². The van der Waals surface area contributed by atoms with Gasteiger partial charge in [-0.2, -0.15) is 0 Å². The van der Waals surface area contributed by atoms with E-state index in [2.05, 4.69) is 26.1 Å². The first-order valence-electron chi connectivity index (χ1n) is 7.84. The molecular weight excluding hydrogens is 408 g/mol. The first kappa shape index (κ1) is 19.7. The Balaban J connectivity index is 1.47. The topological polar surface area (TPSA) is 96.0 Å². The molecular formula is C17H13F2N5O2S2. The van der Waals surface area contributed by atoms with E-state index in [-0.39, 0.29) is 16.6 Å². The van der Waals surface area contributed by atoms with Crippen LogP contribution in [0.25, 0.3) is 0 Å². The fourth-order valence-electron chi connectivity index (χ4n) is 2.00. The van der Waals surface area contributed by atoms with Crippen LogP contribution in [0.15, 0.2) is 52.9 Å². The summed E-state index contributed by atoms with van der Waals surface area (Å²) >= 11 is 2.16. The number of nitrogens with one attached hydrogen (secondary N) is 3. The number of nitrogens with zero attached hydrogens (tertiary/aromatic N) is 2. The highest BCUT2D eigenvalue weighted by atomic mass is 32.2. The number of hydrogen-bond acceptors (Lipinski definition) is 6. The molecule has 0 fully saturated rings. The summed E-state index contributed by atoms with van der Waals surface area (Å²) in [6.07, 6.45) is 0. The maximum atomic E-state index is 13.5. The van der Waals surface area contributed by atoms with Crippen molar-refractivity contribution in [1.82, 2.24) is 10.2 Å². The second-order valence-electron chi connectivity index (χ2n) is 5.28. The number of anilines is 3. The summed E-state index contributed by atoms with van der Waals surface area (Å²) < 4.78 is 26.8. The predicted octanol–water partition coefficient (Wildman–Crippen LogP) is 4.19. The third-order valence-electron chi connectivity index (χ3n) is 3.19. The van der Waals surface area contributed by atoms with Crippen molar-refractivity contribution in [3.63, 3.8) is 0 Å². The average Bonchev–Trinajstić information content (AvgIpc) is 3.10. The van der Waals surface area contributed by atoms with Crippen molar-refractivity contribution in [2.24, 2.45) is 0 Å². The second kappa shape index (κ2) is 9.24. The number of halogens is 2. The molecule has 11 heteroatoms. The molecule has 1 aromatic heterocycles. The van der Waals surface area contributed by atoms with Gasteiger partial charge in [0.05, 0.1) is 11.4 Å². The van der Waals surface area contributed by atoms with Crippen LogP contribution < -0.4 is 16.0 Å². The lowest BCUT2D eigenvalue weighted by atomic mass is 10.3. The number of thioether (sulfide) groups is 1. The van der Waals surface area contributed by atoms with E-state index in [9.17, 15) is 18.4 Å². The van der Waals surface area contributed by atoms with Crippen LogP contribution >= 0.6 is 23.1 Å². The highest BCUT2D eigenvalue weighted by molar-refractivity contribution is 8.01. The molecule has 0 saturated heterocycles. The normalized spacial score (nSPS) is 10.4. The van der Waals surface area contributed by atoms with E-state index in [0.29, 0.717) is 16.1 Å². The monoisotopic (exact) mass is 421 g/mol. The number of carbonyl (C=O) groups excluding carboxylic acids is 2. The molecule has 3 amide bonds. The molecule has 28 heavy (non-hydrogen) atoms. The van der Waals surface area contributed by atoms with Crippen molar-refractivity contribution in [2.45, 2.75) is 4.34 Å². The minimum absolute atomic E-state index is 0.0539. The van der Waals surface area contributed by atoms with Gasteiger partial charge in [-0.25, -0.2) is 13.6 Å². The third-order valence-corrected chi connectivity index (χ3v) is 5.16. The minimum atomic E-state index is -0.856. The number of carbonyl (C=O) groups is 2. The van der Waals surface area contributed by atoms with E-state index in [4.69, 9.17) is 0 Å². The molecule has 1 heterocycles. The maximum absolute atomic E-state index is 13.5. The largest absolute Gasteiger partial charge is 0.325 e. The second-order valence-corrected chi connectivity index (χ2v) is 7.48. The number of para-hydroxylation sites is 1. The Morgan fingerprint density at radius 2 is 1.79 bits per heavy atom. The Kier molecular flexibility index (Phi) is 6.50. The summed E-state index contributed by atoms with van der Waals surface area (Å²) in [6.45, 7) is 0. The van der Waals surface area contributed by atoms with Crippen molar-refractivity contribution >= 4 is 51.5 Å². The first-order chi connectivity index (χ1) is 13.5. The quantitative estimate of drug-likeness (QED) is 0.410. The van der Waals surface area contributed by atoms with Crippen molar-refractivity contribution in [3.05, 3.63) is 60.2 Å². The van der Waals surface area contributed by atoms with Crippen LogP contribution in [-0.2, 0) is 4.79 Å². The van der Waals surface area contributed by atoms with Crippen LogP contribution in [0.2, 0.25) is 0 Å². The smallest absolute Gasteiger partial charge is 0.323 e. The highest BCUT2D eigenvalue weighted by Gasteiger charge is 2.12. The number of hydrogen-bond donors (Lipinski definition) is 3. The number of urea groups is 1. The fourth-order valence-corrected chi connectivity index (χ4v) is 3.55. The first-order valence-corrected chi connectivity index (χ1v) is 9.64. The van der Waals surface area contributed by atoms with E-state index in [1.165, 1.54) is 0 Å². The zero-order valence-corrected chi connectivity index (χ0v) is 15.7. The molecule has 0 bridgehead atoms. The molecule has 3 aromatic rings. The molecule has 7 nitrogen and oxygen atoms in total. The maximum Gasteiger partial charge on any atom is 0.325 e. The summed E-state index contributed by atoms with van der Waals surface area (Å²) in [6, 6.07) is 11.3.